The molecule has 0 fully saturated rings. The molecule has 2 N–H and O–H groups in total. The normalized spacial score (nSPS) is 19.9. The lowest BCUT2D eigenvalue weighted by Gasteiger charge is -2.12. The average molecular weight is 311 g/mol. The van der Waals surface area contributed by atoms with Gasteiger partial charge in [-0.15, -0.1) is 0 Å². The second kappa shape index (κ2) is 7.29. The highest BCUT2D eigenvalue weighted by molar-refractivity contribution is 5.76. The zero-order chi connectivity index (χ0) is 16.1. The third kappa shape index (κ3) is 4.11. The first kappa shape index (κ1) is 15.6. The largest absolute Gasteiger partial charge is 0.461 e. The Morgan fingerprint density at radius 3 is 2.74 bits per heavy atom. The quantitative estimate of drug-likeness (QED) is 0.806. The highest BCUT2D eigenvalue weighted by Crippen LogP contribution is 2.22. The Hall–Kier alpha value is -2.33. The minimum absolute atomic E-state index is 0.0101. The van der Waals surface area contributed by atoms with Gasteiger partial charge in [0.25, 0.3) is 0 Å². The molecule has 0 saturated heterocycles. The van der Waals surface area contributed by atoms with Gasteiger partial charge in [-0.1, -0.05) is 42.5 Å². The SMILES string of the molecule is O=C(CCc1ccc(-c2ccccc2)o1)N[C@@H]1C=C[C@H](CO)C1. The highest BCUT2D eigenvalue weighted by atomic mass is 16.3. The molecular formula is C19H21NO3. The van der Waals surface area contributed by atoms with Crippen molar-refractivity contribution in [1.29, 1.82) is 0 Å². The lowest BCUT2D eigenvalue weighted by molar-refractivity contribution is -0.121. The molecule has 0 aliphatic heterocycles. The highest BCUT2D eigenvalue weighted by Gasteiger charge is 2.19. The Kier molecular flexibility index (Phi) is 4.93. The first-order valence-corrected chi connectivity index (χ1v) is 7.97. The first-order chi connectivity index (χ1) is 11.2. The number of amides is 1. The van der Waals surface area contributed by atoms with Crippen molar-refractivity contribution in [1.82, 2.24) is 5.32 Å². The molecule has 120 valence electrons. The molecular weight excluding hydrogens is 290 g/mol. The number of aryl methyl sites for hydroxylation is 1. The fourth-order valence-corrected chi connectivity index (χ4v) is 2.80. The zero-order valence-corrected chi connectivity index (χ0v) is 12.9. The molecule has 4 heteroatoms. The van der Waals surface area contributed by atoms with Crippen LogP contribution >= 0.6 is 0 Å². The number of aliphatic hydroxyl groups is 1. The average Bonchev–Trinajstić information content (AvgIpc) is 3.23. The van der Waals surface area contributed by atoms with Crippen LogP contribution in [-0.2, 0) is 11.2 Å². The van der Waals surface area contributed by atoms with E-state index in [1.807, 2.05) is 54.6 Å². The smallest absolute Gasteiger partial charge is 0.220 e. The third-order valence-electron chi connectivity index (χ3n) is 4.07. The van der Waals surface area contributed by atoms with Crippen LogP contribution in [0.3, 0.4) is 0 Å². The summed E-state index contributed by atoms with van der Waals surface area (Å²) in [5, 5.41) is 12.1. The zero-order valence-electron chi connectivity index (χ0n) is 12.9. The second-order valence-corrected chi connectivity index (χ2v) is 5.87. The van der Waals surface area contributed by atoms with E-state index in [9.17, 15) is 4.79 Å². The topological polar surface area (TPSA) is 62.5 Å². The number of benzene rings is 1. The lowest BCUT2D eigenvalue weighted by atomic mass is 10.1. The van der Waals surface area contributed by atoms with E-state index in [-0.39, 0.29) is 24.5 Å². The molecule has 1 heterocycles. The molecule has 1 aliphatic rings. The Bertz CT molecular complexity index is 675. The summed E-state index contributed by atoms with van der Waals surface area (Å²) in [4.78, 5) is 12.0. The summed E-state index contributed by atoms with van der Waals surface area (Å²) in [6.07, 6.45) is 5.68. The first-order valence-electron chi connectivity index (χ1n) is 7.97. The lowest BCUT2D eigenvalue weighted by Crippen LogP contribution is -2.33. The van der Waals surface area contributed by atoms with Crippen molar-refractivity contribution in [3.05, 3.63) is 60.4 Å². The summed E-state index contributed by atoms with van der Waals surface area (Å²) in [5.74, 6) is 1.81. The van der Waals surface area contributed by atoms with Crippen LogP contribution in [0.15, 0.2) is 59.0 Å². The van der Waals surface area contributed by atoms with E-state index in [1.165, 1.54) is 0 Å². The molecule has 2 atom stereocenters. The molecule has 0 radical (unpaired) electrons. The van der Waals surface area contributed by atoms with Gasteiger partial charge in [-0.05, 0) is 18.6 Å². The number of furan rings is 1. The van der Waals surface area contributed by atoms with Crippen LogP contribution in [0.1, 0.15) is 18.6 Å². The minimum atomic E-state index is 0.0101. The van der Waals surface area contributed by atoms with Gasteiger partial charge in [0.15, 0.2) is 0 Å². The Labute approximate surface area is 135 Å². The number of hydrogen-bond donors (Lipinski definition) is 2. The van der Waals surface area contributed by atoms with Crippen molar-refractivity contribution in [2.75, 3.05) is 6.61 Å². The van der Waals surface area contributed by atoms with E-state index in [1.54, 1.807) is 0 Å². The summed E-state index contributed by atoms with van der Waals surface area (Å²) in [5.41, 5.74) is 1.04. The number of nitrogens with one attached hydrogen (secondary N) is 1. The van der Waals surface area contributed by atoms with Crippen molar-refractivity contribution >= 4 is 5.91 Å². The van der Waals surface area contributed by atoms with E-state index in [2.05, 4.69) is 5.32 Å². The van der Waals surface area contributed by atoms with Gasteiger partial charge in [0.2, 0.25) is 5.91 Å². The van der Waals surface area contributed by atoms with Crippen LogP contribution in [0.5, 0.6) is 0 Å². The van der Waals surface area contributed by atoms with Crippen LogP contribution < -0.4 is 5.32 Å². The molecule has 23 heavy (non-hydrogen) atoms. The second-order valence-electron chi connectivity index (χ2n) is 5.87. The molecule has 1 amide bonds. The fraction of sp³-hybridized carbons (Fsp3) is 0.316. The predicted molar refractivity (Wildman–Crippen MR) is 88.7 cm³/mol. The maximum atomic E-state index is 12.0. The molecule has 4 nitrogen and oxygen atoms in total. The molecule has 0 saturated carbocycles. The van der Waals surface area contributed by atoms with Gasteiger partial charge in [-0.2, -0.15) is 0 Å². The summed E-state index contributed by atoms with van der Waals surface area (Å²) in [6.45, 7) is 0.136. The maximum Gasteiger partial charge on any atom is 0.220 e. The minimum Gasteiger partial charge on any atom is -0.461 e. The summed E-state index contributed by atoms with van der Waals surface area (Å²) in [7, 11) is 0. The molecule has 0 bridgehead atoms. The molecule has 3 rings (SSSR count). The van der Waals surface area contributed by atoms with Gasteiger partial charge >= 0.3 is 0 Å². The van der Waals surface area contributed by atoms with Crippen molar-refractivity contribution in [3.63, 3.8) is 0 Å². The number of carbonyl (C=O) groups excluding carboxylic acids is 1. The van der Waals surface area contributed by atoms with Crippen LogP contribution in [0, 0.1) is 5.92 Å². The van der Waals surface area contributed by atoms with Crippen molar-refractivity contribution in [3.8, 4) is 11.3 Å². The van der Waals surface area contributed by atoms with Crippen molar-refractivity contribution in [2.45, 2.75) is 25.3 Å². The van der Waals surface area contributed by atoms with Crippen LogP contribution in [-0.4, -0.2) is 23.7 Å². The van der Waals surface area contributed by atoms with E-state index < -0.39 is 0 Å². The predicted octanol–water partition coefficient (Wildman–Crippen LogP) is 2.93. The number of rotatable bonds is 6. The van der Waals surface area contributed by atoms with Crippen molar-refractivity contribution in [2.24, 2.45) is 5.92 Å². The molecule has 0 unspecified atom stereocenters. The summed E-state index contributed by atoms with van der Waals surface area (Å²) >= 11 is 0. The van der Waals surface area contributed by atoms with Crippen LogP contribution in [0.2, 0.25) is 0 Å². The van der Waals surface area contributed by atoms with E-state index in [0.29, 0.717) is 12.8 Å². The molecule has 1 aliphatic carbocycles. The monoisotopic (exact) mass is 311 g/mol. The molecule has 0 spiro atoms. The van der Waals surface area contributed by atoms with Gasteiger partial charge in [-0.25, -0.2) is 0 Å². The number of hydrogen-bond acceptors (Lipinski definition) is 3. The van der Waals surface area contributed by atoms with Gasteiger partial charge in [-0.3, -0.25) is 4.79 Å². The Balaban J connectivity index is 1.48. The van der Waals surface area contributed by atoms with Gasteiger partial charge in [0.05, 0.1) is 0 Å². The van der Waals surface area contributed by atoms with E-state index in [4.69, 9.17) is 9.52 Å². The fourth-order valence-electron chi connectivity index (χ4n) is 2.80. The summed E-state index contributed by atoms with van der Waals surface area (Å²) < 4.78 is 5.80. The van der Waals surface area contributed by atoms with E-state index in [0.717, 1.165) is 23.5 Å². The maximum absolute atomic E-state index is 12.0. The van der Waals surface area contributed by atoms with Crippen LogP contribution in [0.25, 0.3) is 11.3 Å². The van der Waals surface area contributed by atoms with Crippen molar-refractivity contribution < 1.29 is 14.3 Å². The molecule has 1 aromatic carbocycles. The third-order valence-corrected chi connectivity index (χ3v) is 4.07. The van der Waals surface area contributed by atoms with Crippen LogP contribution in [0.4, 0.5) is 0 Å². The van der Waals surface area contributed by atoms with Gasteiger partial charge < -0.3 is 14.8 Å². The standard InChI is InChI=1S/C19H21NO3/c21-13-14-6-7-16(12-14)20-19(22)11-9-17-8-10-18(23-17)15-4-2-1-3-5-15/h1-8,10,14,16,21H,9,11-13H2,(H,20,22)/t14-,16+/m0/s1. The Morgan fingerprint density at radius 2 is 2.00 bits per heavy atom. The van der Waals surface area contributed by atoms with Gasteiger partial charge in [0, 0.05) is 37.0 Å². The van der Waals surface area contributed by atoms with Gasteiger partial charge in [0.1, 0.15) is 11.5 Å². The number of carbonyl (C=O) groups is 1. The van der Waals surface area contributed by atoms with E-state index >= 15 is 0 Å². The molecule has 2 aromatic rings. The molecule has 1 aromatic heterocycles. The Morgan fingerprint density at radius 1 is 1.17 bits per heavy atom. The summed E-state index contributed by atoms with van der Waals surface area (Å²) in [6, 6.07) is 13.8. The number of aliphatic hydroxyl groups excluding tert-OH is 1.